The van der Waals surface area contributed by atoms with Crippen molar-refractivity contribution in [3.8, 4) is 5.75 Å². The first-order valence-electron chi connectivity index (χ1n) is 10.9. The minimum Gasteiger partial charge on any atom is -0.479 e. The smallest absolute Gasteiger partial charge is 0.479 e. The molecule has 2 heterocycles. The predicted molar refractivity (Wildman–Crippen MR) is 121 cm³/mol. The maximum absolute atomic E-state index is 12.3. The molecule has 0 amide bonds. The van der Waals surface area contributed by atoms with Crippen molar-refractivity contribution in [3.63, 3.8) is 0 Å². The second-order valence-corrected chi connectivity index (χ2v) is 8.27. The maximum Gasteiger partial charge on any atom is 0.510 e. The first kappa shape index (κ1) is 23.2. The van der Waals surface area contributed by atoms with Crippen LogP contribution in [0.4, 0.5) is 16.2 Å². The number of nitrogens with two attached hydrogens (primary N) is 1. The summed E-state index contributed by atoms with van der Waals surface area (Å²) in [6, 6.07) is 12.3. The Morgan fingerprint density at radius 3 is 2.70 bits per heavy atom. The van der Waals surface area contributed by atoms with Gasteiger partial charge in [-0.2, -0.15) is 0 Å². The Kier molecular flexibility index (Phi) is 6.38. The molecule has 2 aliphatic rings. The van der Waals surface area contributed by atoms with Crippen LogP contribution in [0.25, 0.3) is 0 Å². The van der Waals surface area contributed by atoms with E-state index in [1.54, 1.807) is 32.0 Å². The molecule has 0 fully saturated rings. The van der Waals surface area contributed by atoms with Crippen LogP contribution in [0.1, 0.15) is 31.0 Å². The third-order valence-corrected chi connectivity index (χ3v) is 6.23. The standard InChI is InChI=1S/C24H30N2O7/c1-5-31-23(28)32-19-12-14-8-6-7-9-17(14)26(19)20-16-13-15(25)10-11-18(16)33-24(2,21(20)27)22(29-3)30-4/h6-11,13,19-22,27H,5,12,25H2,1-4H3/t19-,20-,21+,24-/m0/s1. The molecule has 0 saturated carbocycles. The normalized spacial score (nSPS) is 25.9. The molecule has 0 bridgehead atoms. The zero-order valence-electron chi connectivity index (χ0n) is 19.2. The van der Waals surface area contributed by atoms with Crippen molar-refractivity contribution in [1.82, 2.24) is 0 Å². The summed E-state index contributed by atoms with van der Waals surface area (Å²) in [5.74, 6) is 0.528. The third-order valence-electron chi connectivity index (χ3n) is 6.23. The van der Waals surface area contributed by atoms with E-state index < -0.39 is 36.4 Å². The molecule has 178 valence electrons. The van der Waals surface area contributed by atoms with E-state index in [1.807, 2.05) is 29.2 Å². The Balaban J connectivity index is 1.85. The lowest BCUT2D eigenvalue weighted by atomic mass is 9.83. The van der Waals surface area contributed by atoms with Gasteiger partial charge in [0.2, 0.25) is 0 Å². The highest BCUT2D eigenvalue weighted by molar-refractivity contribution is 5.66. The number of carbonyl (C=O) groups is 1. The predicted octanol–water partition coefficient (Wildman–Crippen LogP) is 3.00. The molecular formula is C24H30N2O7. The van der Waals surface area contributed by atoms with Crippen LogP contribution in [-0.4, -0.2) is 56.3 Å². The van der Waals surface area contributed by atoms with E-state index in [0.29, 0.717) is 23.4 Å². The number of hydrogen-bond acceptors (Lipinski definition) is 9. The number of aliphatic hydroxyl groups is 1. The van der Waals surface area contributed by atoms with Gasteiger partial charge in [-0.3, -0.25) is 0 Å². The topological polar surface area (TPSA) is 113 Å². The molecule has 4 rings (SSSR count). The summed E-state index contributed by atoms with van der Waals surface area (Å²) in [6.45, 7) is 3.63. The molecule has 0 unspecified atom stereocenters. The van der Waals surface area contributed by atoms with Gasteiger partial charge >= 0.3 is 6.16 Å². The number of aliphatic hydroxyl groups excluding tert-OH is 1. The van der Waals surface area contributed by atoms with Gasteiger partial charge in [-0.05, 0) is 43.7 Å². The lowest BCUT2D eigenvalue weighted by Crippen LogP contribution is -2.63. The van der Waals surface area contributed by atoms with E-state index in [9.17, 15) is 9.90 Å². The van der Waals surface area contributed by atoms with Gasteiger partial charge < -0.3 is 39.4 Å². The molecular weight excluding hydrogens is 428 g/mol. The fourth-order valence-electron chi connectivity index (χ4n) is 4.79. The highest BCUT2D eigenvalue weighted by atomic mass is 16.7. The number of ether oxygens (including phenoxy) is 5. The van der Waals surface area contributed by atoms with E-state index in [-0.39, 0.29) is 6.61 Å². The van der Waals surface area contributed by atoms with Crippen LogP contribution >= 0.6 is 0 Å². The Morgan fingerprint density at radius 2 is 2.00 bits per heavy atom. The number of anilines is 2. The zero-order valence-corrected chi connectivity index (χ0v) is 19.2. The number of benzene rings is 2. The lowest BCUT2D eigenvalue weighted by Gasteiger charge is -2.50. The Labute approximate surface area is 192 Å². The van der Waals surface area contributed by atoms with Crippen LogP contribution in [0.5, 0.6) is 5.75 Å². The first-order valence-corrected chi connectivity index (χ1v) is 10.9. The van der Waals surface area contributed by atoms with Crippen molar-refractivity contribution in [1.29, 1.82) is 0 Å². The van der Waals surface area contributed by atoms with Crippen molar-refractivity contribution in [2.45, 2.75) is 50.5 Å². The van der Waals surface area contributed by atoms with Gasteiger partial charge in [0, 0.05) is 37.6 Å². The number of hydrogen-bond donors (Lipinski definition) is 2. The molecule has 4 atom stereocenters. The minimum atomic E-state index is -1.27. The quantitative estimate of drug-likeness (QED) is 0.383. The van der Waals surface area contributed by atoms with Crippen LogP contribution in [0, 0.1) is 0 Å². The highest BCUT2D eigenvalue weighted by Crippen LogP contribution is 2.50. The second-order valence-electron chi connectivity index (χ2n) is 8.27. The van der Waals surface area contributed by atoms with Gasteiger partial charge in [0.05, 0.1) is 12.6 Å². The fraction of sp³-hybridized carbons (Fsp3) is 0.458. The van der Waals surface area contributed by atoms with Crippen LogP contribution < -0.4 is 15.4 Å². The fourth-order valence-corrected chi connectivity index (χ4v) is 4.79. The third kappa shape index (κ3) is 3.96. The second kappa shape index (κ2) is 9.09. The van der Waals surface area contributed by atoms with E-state index in [4.69, 9.17) is 29.4 Å². The zero-order chi connectivity index (χ0) is 23.8. The molecule has 2 aliphatic heterocycles. The summed E-state index contributed by atoms with van der Waals surface area (Å²) < 4.78 is 28.0. The minimum absolute atomic E-state index is 0.194. The summed E-state index contributed by atoms with van der Waals surface area (Å²) in [7, 11) is 2.97. The van der Waals surface area contributed by atoms with Crippen LogP contribution in [0.15, 0.2) is 42.5 Å². The molecule has 0 aromatic heterocycles. The van der Waals surface area contributed by atoms with E-state index in [1.165, 1.54) is 14.2 Å². The Hall–Kier alpha value is -3.01. The monoisotopic (exact) mass is 458 g/mol. The molecule has 2 aromatic rings. The summed E-state index contributed by atoms with van der Waals surface area (Å²) in [4.78, 5) is 14.2. The largest absolute Gasteiger partial charge is 0.510 e. The number of para-hydroxylation sites is 1. The van der Waals surface area contributed by atoms with Crippen molar-refractivity contribution in [2.24, 2.45) is 0 Å². The van der Waals surface area contributed by atoms with Gasteiger partial charge in [0.25, 0.3) is 0 Å². The SMILES string of the molecule is CCOC(=O)O[C@H]1Cc2ccccc2N1[C@H]1c2cc(N)ccc2O[C@](C)(C(OC)OC)[C@@H]1O. The van der Waals surface area contributed by atoms with Gasteiger partial charge in [0.15, 0.2) is 18.1 Å². The van der Waals surface area contributed by atoms with Crippen LogP contribution in [-0.2, 0) is 25.4 Å². The van der Waals surface area contributed by atoms with Crippen molar-refractivity contribution >= 4 is 17.5 Å². The van der Waals surface area contributed by atoms with Gasteiger partial charge in [-0.15, -0.1) is 0 Å². The molecule has 0 aliphatic carbocycles. The highest BCUT2D eigenvalue weighted by Gasteiger charge is 2.56. The number of methoxy groups -OCH3 is 2. The lowest BCUT2D eigenvalue weighted by molar-refractivity contribution is -0.238. The Bertz CT molecular complexity index is 1010. The number of rotatable bonds is 6. The van der Waals surface area contributed by atoms with Crippen molar-refractivity contribution < 1.29 is 33.6 Å². The molecule has 9 nitrogen and oxygen atoms in total. The van der Waals surface area contributed by atoms with E-state index in [2.05, 4.69) is 0 Å². The number of nitrogens with zero attached hydrogens (tertiary/aromatic N) is 1. The number of nitrogen functional groups attached to an aromatic ring is 1. The molecule has 2 aromatic carbocycles. The summed E-state index contributed by atoms with van der Waals surface area (Å²) in [6.07, 6.45) is -3.06. The first-order chi connectivity index (χ1) is 15.8. The molecule has 0 spiro atoms. The molecule has 33 heavy (non-hydrogen) atoms. The molecule has 0 saturated heterocycles. The maximum atomic E-state index is 12.3. The average molecular weight is 459 g/mol. The van der Waals surface area contributed by atoms with Crippen LogP contribution in [0.2, 0.25) is 0 Å². The van der Waals surface area contributed by atoms with Crippen LogP contribution in [0.3, 0.4) is 0 Å². The van der Waals surface area contributed by atoms with Gasteiger partial charge in [-0.1, -0.05) is 18.2 Å². The number of fused-ring (bicyclic) bond motifs is 2. The average Bonchev–Trinajstić information content (AvgIpc) is 3.13. The van der Waals surface area contributed by atoms with Crippen molar-refractivity contribution in [3.05, 3.63) is 53.6 Å². The summed E-state index contributed by atoms with van der Waals surface area (Å²) >= 11 is 0. The van der Waals surface area contributed by atoms with Gasteiger partial charge in [-0.25, -0.2) is 4.79 Å². The number of carbonyl (C=O) groups excluding carboxylic acids is 1. The summed E-state index contributed by atoms with van der Waals surface area (Å²) in [5, 5.41) is 11.8. The summed E-state index contributed by atoms with van der Waals surface area (Å²) in [5.41, 5.74) is 7.83. The molecule has 0 radical (unpaired) electrons. The van der Waals surface area contributed by atoms with E-state index >= 15 is 0 Å². The van der Waals surface area contributed by atoms with Crippen molar-refractivity contribution in [2.75, 3.05) is 31.5 Å². The molecule has 3 N–H and O–H groups in total. The van der Waals surface area contributed by atoms with Gasteiger partial charge in [0.1, 0.15) is 11.9 Å². The Morgan fingerprint density at radius 1 is 1.27 bits per heavy atom. The molecule has 9 heteroatoms. The van der Waals surface area contributed by atoms with E-state index in [0.717, 1.165) is 11.3 Å².